The Balaban J connectivity index is 2.41. The number of aliphatic hydroxyl groups is 2. The first-order valence-corrected chi connectivity index (χ1v) is 5.85. The number of hydrogen-bond acceptors (Lipinski definition) is 5. The second kappa shape index (κ2) is 4.68. The Labute approximate surface area is 103 Å². The fourth-order valence-electron chi connectivity index (χ4n) is 2.32. The van der Waals surface area contributed by atoms with Crippen molar-refractivity contribution in [2.45, 2.75) is 44.1 Å². The molecule has 5 N–H and O–H groups in total. The molecule has 1 aliphatic carbocycles. The van der Waals surface area contributed by atoms with Crippen LogP contribution in [0.3, 0.4) is 0 Å². The van der Waals surface area contributed by atoms with Gasteiger partial charge in [0, 0.05) is 17.8 Å². The first kappa shape index (κ1) is 13.0. The molecule has 4 atom stereocenters. The van der Waals surface area contributed by atoms with Crippen LogP contribution in [-0.2, 0) is 0 Å². The first-order valence-electron chi connectivity index (χ1n) is 5.85. The number of aromatic amines is 1. The van der Waals surface area contributed by atoms with E-state index >= 15 is 0 Å². The van der Waals surface area contributed by atoms with Crippen LogP contribution < -0.4 is 17.0 Å². The SMILES string of the molecule is Cc1cn([C@@H]2CC[C@@H](N)[C@@H](O)[C@H]2O)c(=O)[nH]c1=O. The van der Waals surface area contributed by atoms with Crippen LogP contribution in [0.2, 0.25) is 0 Å². The summed E-state index contributed by atoms with van der Waals surface area (Å²) in [5.41, 5.74) is 5.00. The molecular formula is C11H17N3O4. The van der Waals surface area contributed by atoms with Gasteiger partial charge in [0.2, 0.25) is 0 Å². The van der Waals surface area contributed by atoms with Gasteiger partial charge in [-0.05, 0) is 19.8 Å². The number of nitrogens with zero attached hydrogens (tertiary/aromatic N) is 1. The number of aryl methyl sites for hydroxylation is 1. The number of nitrogens with two attached hydrogens (primary N) is 1. The van der Waals surface area contributed by atoms with Crippen LogP contribution in [0.5, 0.6) is 0 Å². The molecule has 0 bridgehead atoms. The first-order chi connectivity index (χ1) is 8.41. The van der Waals surface area contributed by atoms with Crippen LogP contribution in [0.15, 0.2) is 15.8 Å². The maximum Gasteiger partial charge on any atom is 0.328 e. The summed E-state index contributed by atoms with van der Waals surface area (Å²) in [5.74, 6) is 0. The van der Waals surface area contributed by atoms with Crippen LogP contribution in [0.25, 0.3) is 0 Å². The van der Waals surface area contributed by atoms with E-state index in [0.29, 0.717) is 18.4 Å². The number of H-pyrrole nitrogens is 1. The Bertz CT molecular complexity index is 550. The van der Waals surface area contributed by atoms with Gasteiger partial charge >= 0.3 is 5.69 Å². The summed E-state index contributed by atoms with van der Waals surface area (Å²) in [6.07, 6.45) is 0.205. The van der Waals surface area contributed by atoms with Gasteiger partial charge in [-0.15, -0.1) is 0 Å². The van der Waals surface area contributed by atoms with Crippen molar-refractivity contribution in [3.63, 3.8) is 0 Å². The lowest BCUT2D eigenvalue weighted by Crippen LogP contribution is -2.52. The van der Waals surface area contributed by atoms with Crippen LogP contribution in [0.1, 0.15) is 24.4 Å². The molecular weight excluding hydrogens is 238 g/mol. The molecule has 0 radical (unpaired) electrons. The zero-order valence-electron chi connectivity index (χ0n) is 10.0. The molecule has 1 saturated carbocycles. The Hall–Kier alpha value is -1.44. The average Bonchev–Trinajstić information content (AvgIpc) is 2.32. The number of nitrogens with one attached hydrogen (secondary N) is 1. The van der Waals surface area contributed by atoms with Crippen molar-refractivity contribution in [1.29, 1.82) is 0 Å². The van der Waals surface area contributed by atoms with Gasteiger partial charge in [-0.3, -0.25) is 14.3 Å². The molecule has 7 heteroatoms. The minimum atomic E-state index is -1.11. The van der Waals surface area contributed by atoms with E-state index in [9.17, 15) is 19.8 Å². The predicted octanol–water partition coefficient (Wildman–Crippen LogP) is -1.77. The summed E-state index contributed by atoms with van der Waals surface area (Å²) in [6, 6.07) is -1.06. The molecule has 0 aliphatic heterocycles. The van der Waals surface area contributed by atoms with E-state index in [0.717, 1.165) is 0 Å². The highest BCUT2D eigenvalue weighted by Gasteiger charge is 2.37. The van der Waals surface area contributed by atoms with Gasteiger partial charge < -0.3 is 15.9 Å². The maximum atomic E-state index is 11.7. The number of aromatic nitrogens is 2. The third-order valence-corrected chi connectivity index (χ3v) is 3.48. The van der Waals surface area contributed by atoms with Crippen molar-refractivity contribution in [2.75, 3.05) is 0 Å². The largest absolute Gasteiger partial charge is 0.389 e. The van der Waals surface area contributed by atoms with Gasteiger partial charge in [0.15, 0.2) is 0 Å². The van der Waals surface area contributed by atoms with Gasteiger partial charge in [0.25, 0.3) is 5.56 Å². The van der Waals surface area contributed by atoms with E-state index in [1.54, 1.807) is 6.92 Å². The fraction of sp³-hybridized carbons (Fsp3) is 0.636. The minimum Gasteiger partial charge on any atom is -0.389 e. The zero-order valence-corrected chi connectivity index (χ0v) is 10.0. The van der Waals surface area contributed by atoms with Gasteiger partial charge in [0.1, 0.15) is 6.10 Å². The van der Waals surface area contributed by atoms with Crippen LogP contribution >= 0.6 is 0 Å². The quantitative estimate of drug-likeness (QED) is 0.473. The topological polar surface area (TPSA) is 121 Å². The van der Waals surface area contributed by atoms with E-state index in [-0.39, 0.29) is 0 Å². The summed E-state index contributed by atoms with van der Waals surface area (Å²) in [5, 5.41) is 19.7. The molecule has 1 fully saturated rings. The molecule has 1 aliphatic rings. The molecule has 18 heavy (non-hydrogen) atoms. The second-order valence-corrected chi connectivity index (χ2v) is 4.77. The van der Waals surface area contributed by atoms with Crippen molar-refractivity contribution >= 4 is 0 Å². The van der Waals surface area contributed by atoms with E-state index in [2.05, 4.69) is 4.98 Å². The normalized spacial score (nSPS) is 32.4. The Morgan fingerprint density at radius 1 is 1.33 bits per heavy atom. The number of aliphatic hydroxyl groups excluding tert-OH is 2. The molecule has 7 nitrogen and oxygen atoms in total. The second-order valence-electron chi connectivity index (χ2n) is 4.77. The Kier molecular flexibility index (Phi) is 3.38. The standard InChI is InChI=1S/C11H17N3O4/c1-5-4-14(11(18)13-10(5)17)7-3-2-6(12)8(15)9(7)16/h4,6-9,15-16H,2-3,12H2,1H3,(H,13,17,18)/t6-,7-,8-,9+/m1/s1. The fourth-order valence-corrected chi connectivity index (χ4v) is 2.32. The molecule has 1 aromatic heterocycles. The molecule has 0 spiro atoms. The summed E-state index contributed by atoms with van der Waals surface area (Å²) in [4.78, 5) is 25.2. The lowest BCUT2D eigenvalue weighted by Gasteiger charge is -2.36. The van der Waals surface area contributed by atoms with Gasteiger partial charge in [-0.1, -0.05) is 0 Å². The van der Waals surface area contributed by atoms with E-state index in [4.69, 9.17) is 5.73 Å². The molecule has 0 saturated heterocycles. The lowest BCUT2D eigenvalue weighted by molar-refractivity contribution is -0.0512. The monoisotopic (exact) mass is 255 g/mol. The van der Waals surface area contributed by atoms with Crippen molar-refractivity contribution in [2.24, 2.45) is 5.73 Å². The van der Waals surface area contributed by atoms with E-state index < -0.39 is 35.5 Å². The third-order valence-electron chi connectivity index (χ3n) is 3.48. The van der Waals surface area contributed by atoms with E-state index in [1.165, 1.54) is 10.8 Å². The summed E-state index contributed by atoms with van der Waals surface area (Å²) < 4.78 is 1.26. The van der Waals surface area contributed by atoms with Crippen molar-refractivity contribution in [3.05, 3.63) is 32.6 Å². The third kappa shape index (κ3) is 2.12. The highest BCUT2D eigenvalue weighted by molar-refractivity contribution is 5.04. The number of rotatable bonds is 1. The molecule has 0 amide bonds. The van der Waals surface area contributed by atoms with Gasteiger partial charge in [-0.2, -0.15) is 0 Å². The average molecular weight is 255 g/mol. The molecule has 0 unspecified atom stereocenters. The van der Waals surface area contributed by atoms with Gasteiger partial charge in [0.05, 0.1) is 12.1 Å². The predicted molar refractivity (Wildman–Crippen MR) is 64.3 cm³/mol. The highest BCUT2D eigenvalue weighted by Crippen LogP contribution is 2.27. The lowest BCUT2D eigenvalue weighted by atomic mass is 9.86. The molecule has 1 aromatic rings. The zero-order chi connectivity index (χ0) is 13.4. The summed E-state index contributed by atoms with van der Waals surface area (Å²) in [7, 11) is 0. The Morgan fingerprint density at radius 3 is 2.67 bits per heavy atom. The molecule has 0 aromatic carbocycles. The van der Waals surface area contributed by atoms with Crippen molar-refractivity contribution in [1.82, 2.24) is 9.55 Å². The molecule has 100 valence electrons. The van der Waals surface area contributed by atoms with Crippen LogP contribution in [-0.4, -0.2) is 38.0 Å². The highest BCUT2D eigenvalue weighted by atomic mass is 16.3. The number of hydrogen-bond donors (Lipinski definition) is 4. The van der Waals surface area contributed by atoms with E-state index in [1.807, 2.05) is 0 Å². The van der Waals surface area contributed by atoms with Crippen molar-refractivity contribution in [3.8, 4) is 0 Å². The smallest absolute Gasteiger partial charge is 0.328 e. The summed E-state index contributed by atoms with van der Waals surface area (Å²) >= 11 is 0. The van der Waals surface area contributed by atoms with Crippen molar-refractivity contribution < 1.29 is 10.2 Å². The maximum absolute atomic E-state index is 11.7. The van der Waals surface area contributed by atoms with Gasteiger partial charge in [-0.25, -0.2) is 4.79 Å². The molecule has 2 rings (SSSR count). The van der Waals surface area contributed by atoms with Crippen LogP contribution in [0, 0.1) is 6.92 Å². The van der Waals surface area contributed by atoms with Crippen LogP contribution in [0.4, 0.5) is 0 Å². The minimum absolute atomic E-state index is 0.381. The molecule has 1 heterocycles. The Morgan fingerprint density at radius 2 is 2.00 bits per heavy atom. The summed E-state index contributed by atoms with van der Waals surface area (Å²) in [6.45, 7) is 1.58.